The molecule has 178 valence electrons. The van der Waals surface area contributed by atoms with Gasteiger partial charge in [0.05, 0.1) is 19.3 Å². The highest BCUT2D eigenvalue weighted by Gasteiger charge is 2.32. The highest BCUT2D eigenvalue weighted by Crippen LogP contribution is 2.21. The molecule has 3 fully saturated rings. The Labute approximate surface area is 207 Å². The number of ether oxygens (including phenoxy) is 3. The van der Waals surface area contributed by atoms with Gasteiger partial charge in [0, 0.05) is 38.5 Å². The number of nitrogens with zero attached hydrogens (tertiary/aromatic N) is 2. The van der Waals surface area contributed by atoms with E-state index >= 15 is 0 Å². The van der Waals surface area contributed by atoms with Crippen LogP contribution >= 0.6 is 24.0 Å². The summed E-state index contributed by atoms with van der Waals surface area (Å²) in [5.74, 6) is 0.822. The van der Waals surface area contributed by atoms with Crippen LogP contribution in [0.4, 0.5) is 5.69 Å². The van der Waals surface area contributed by atoms with Gasteiger partial charge in [0.15, 0.2) is 5.96 Å². The molecule has 0 bridgehead atoms. The van der Waals surface area contributed by atoms with Crippen LogP contribution in [0.15, 0.2) is 29.3 Å². The van der Waals surface area contributed by atoms with Crippen LogP contribution in [0.25, 0.3) is 0 Å². The molecule has 3 atom stereocenters. The molecule has 2 N–H and O–H groups in total. The van der Waals surface area contributed by atoms with Crippen molar-refractivity contribution in [2.24, 2.45) is 4.99 Å². The van der Waals surface area contributed by atoms with Crippen LogP contribution in [-0.4, -0.2) is 74.5 Å². The second kappa shape index (κ2) is 12.7. The van der Waals surface area contributed by atoms with Crippen LogP contribution in [0, 0.1) is 0 Å². The largest absolute Gasteiger partial charge is 0.375 e. The van der Waals surface area contributed by atoms with E-state index in [1.54, 1.807) is 0 Å². The Kier molecular flexibility index (Phi) is 10.0. The SMILES string of the molecule is CCNC(=NCc1cccc(NC(=O)C2CCCO2)c1)N1CCOC(C2CCCO2)C1.I. The Morgan fingerprint density at radius 2 is 1.94 bits per heavy atom. The lowest BCUT2D eigenvalue weighted by molar-refractivity contribution is -0.124. The van der Waals surface area contributed by atoms with Crippen molar-refractivity contribution in [3.63, 3.8) is 0 Å². The van der Waals surface area contributed by atoms with E-state index < -0.39 is 0 Å². The minimum atomic E-state index is -0.333. The van der Waals surface area contributed by atoms with Gasteiger partial charge in [-0.15, -0.1) is 24.0 Å². The maximum Gasteiger partial charge on any atom is 0.253 e. The maximum atomic E-state index is 12.3. The van der Waals surface area contributed by atoms with Gasteiger partial charge < -0.3 is 29.7 Å². The average Bonchev–Trinajstić information content (AvgIpc) is 3.52. The van der Waals surface area contributed by atoms with Gasteiger partial charge in [-0.05, 0) is 50.3 Å². The molecule has 3 saturated heterocycles. The molecule has 3 aliphatic heterocycles. The molecule has 0 aromatic heterocycles. The molecule has 0 spiro atoms. The summed E-state index contributed by atoms with van der Waals surface area (Å²) < 4.78 is 17.3. The molecular formula is C23H35IN4O4. The quantitative estimate of drug-likeness (QED) is 0.318. The third-order valence-electron chi connectivity index (χ3n) is 5.94. The fraction of sp³-hybridized carbons (Fsp3) is 0.652. The Bertz CT molecular complexity index is 766. The van der Waals surface area contributed by atoms with Crippen LogP contribution in [0.3, 0.4) is 0 Å². The lowest BCUT2D eigenvalue weighted by Gasteiger charge is -2.37. The summed E-state index contributed by atoms with van der Waals surface area (Å²) in [6.07, 6.45) is 3.85. The number of carbonyl (C=O) groups excluding carboxylic acids is 1. The minimum absolute atomic E-state index is 0. The summed E-state index contributed by atoms with van der Waals surface area (Å²) in [6, 6.07) is 7.86. The molecule has 8 nitrogen and oxygen atoms in total. The predicted molar refractivity (Wildman–Crippen MR) is 135 cm³/mol. The standard InChI is InChI=1S/C23H34N4O4.HI/c1-2-24-23(27-10-13-31-21(16-27)19-8-4-11-29-19)25-15-17-6-3-7-18(14-17)26-22(28)20-9-5-12-30-20;/h3,6-7,14,19-21H,2,4-5,8-13,15-16H2,1H3,(H,24,25)(H,26,28);1H. The Hall–Kier alpha value is -1.43. The normalized spacial score (nSPS) is 26.0. The predicted octanol–water partition coefficient (Wildman–Crippen LogP) is 2.77. The maximum absolute atomic E-state index is 12.3. The monoisotopic (exact) mass is 558 g/mol. The topological polar surface area (TPSA) is 84.4 Å². The summed E-state index contributed by atoms with van der Waals surface area (Å²) in [4.78, 5) is 19.5. The van der Waals surface area contributed by atoms with Crippen molar-refractivity contribution >= 4 is 41.5 Å². The zero-order valence-corrected chi connectivity index (χ0v) is 21.1. The van der Waals surface area contributed by atoms with Gasteiger partial charge >= 0.3 is 0 Å². The lowest BCUT2D eigenvalue weighted by Crippen LogP contribution is -2.53. The van der Waals surface area contributed by atoms with E-state index in [1.165, 1.54) is 0 Å². The van der Waals surface area contributed by atoms with Crippen molar-refractivity contribution in [3.8, 4) is 0 Å². The molecule has 32 heavy (non-hydrogen) atoms. The second-order valence-electron chi connectivity index (χ2n) is 8.27. The number of guanidine groups is 1. The number of amides is 1. The van der Waals surface area contributed by atoms with E-state index in [-0.39, 0.29) is 48.2 Å². The van der Waals surface area contributed by atoms with Gasteiger partial charge in [-0.25, -0.2) is 4.99 Å². The summed E-state index contributed by atoms with van der Waals surface area (Å²) in [7, 11) is 0. The number of anilines is 1. The van der Waals surface area contributed by atoms with Gasteiger partial charge in [0.25, 0.3) is 5.91 Å². The van der Waals surface area contributed by atoms with E-state index in [0.717, 1.165) is 69.1 Å². The zero-order chi connectivity index (χ0) is 21.5. The van der Waals surface area contributed by atoms with E-state index in [0.29, 0.717) is 19.8 Å². The van der Waals surface area contributed by atoms with Gasteiger partial charge in [0.2, 0.25) is 0 Å². The first-order valence-electron chi connectivity index (χ1n) is 11.5. The number of hydrogen-bond acceptors (Lipinski definition) is 5. The van der Waals surface area contributed by atoms with Crippen molar-refractivity contribution in [1.82, 2.24) is 10.2 Å². The Morgan fingerprint density at radius 3 is 2.69 bits per heavy atom. The number of nitrogens with one attached hydrogen (secondary N) is 2. The summed E-state index contributed by atoms with van der Waals surface area (Å²) in [5.41, 5.74) is 1.83. The number of morpholine rings is 1. The van der Waals surface area contributed by atoms with E-state index in [2.05, 4.69) is 22.5 Å². The van der Waals surface area contributed by atoms with Crippen molar-refractivity contribution in [2.75, 3.05) is 44.8 Å². The second-order valence-corrected chi connectivity index (χ2v) is 8.27. The first kappa shape index (κ1) is 25.2. The number of carbonyl (C=O) groups is 1. The van der Waals surface area contributed by atoms with E-state index in [9.17, 15) is 4.79 Å². The molecule has 1 amide bonds. The summed E-state index contributed by atoms with van der Waals surface area (Å²) in [6.45, 7) is 7.19. The average molecular weight is 558 g/mol. The number of halogens is 1. The molecule has 9 heteroatoms. The molecule has 0 saturated carbocycles. The van der Waals surface area contributed by atoms with Crippen molar-refractivity contribution in [2.45, 2.75) is 57.5 Å². The molecule has 3 aliphatic rings. The van der Waals surface area contributed by atoms with Crippen LogP contribution in [0.2, 0.25) is 0 Å². The highest BCUT2D eigenvalue weighted by molar-refractivity contribution is 14.0. The molecule has 4 rings (SSSR count). The van der Waals surface area contributed by atoms with Crippen LogP contribution in [-0.2, 0) is 25.5 Å². The minimum Gasteiger partial charge on any atom is -0.375 e. The number of hydrogen-bond donors (Lipinski definition) is 2. The smallest absolute Gasteiger partial charge is 0.253 e. The number of benzene rings is 1. The summed E-state index contributed by atoms with van der Waals surface area (Å²) in [5, 5.41) is 6.38. The molecule has 0 radical (unpaired) electrons. The van der Waals surface area contributed by atoms with Gasteiger partial charge in [-0.3, -0.25) is 4.79 Å². The first-order valence-corrected chi connectivity index (χ1v) is 11.5. The van der Waals surface area contributed by atoms with Crippen molar-refractivity contribution in [3.05, 3.63) is 29.8 Å². The van der Waals surface area contributed by atoms with Gasteiger partial charge in [-0.1, -0.05) is 12.1 Å². The Balaban J connectivity index is 0.00000289. The molecular weight excluding hydrogens is 523 g/mol. The third-order valence-corrected chi connectivity index (χ3v) is 5.94. The number of aliphatic imine (C=N–C) groups is 1. The van der Waals surface area contributed by atoms with Gasteiger partial charge in [0.1, 0.15) is 12.2 Å². The van der Waals surface area contributed by atoms with Crippen LogP contribution < -0.4 is 10.6 Å². The van der Waals surface area contributed by atoms with Crippen molar-refractivity contribution in [1.29, 1.82) is 0 Å². The van der Waals surface area contributed by atoms with Gasteiger partial charge in [-0.2, -0.15) is 0 Å². The van der Waals surface area contributed by atoms with Crippen molar-refractivity contribution < 1.29 is 19.0 Å². The summed E-state index contributed by atoms with van der Waals surface area (Å²) >= 11 is 0. The molecule has 1 aromatic rings. The molecule has 3 heterocycles. The van der Waals surface area contributed by atoms with E-state index in [4.69, 9.17) is 19.2 Å². The lowest BCUT2D eigenvalue weighted by atomic mass is 10.1. The molecule has 3 unspecified atom stereocenters. The Morgan fingerprint density at radius 1 is 1.12 bits per heavy atom. The fourth-order valence-electron chi connectivity index (χ4n) is 4.34. The zero-order valence-electron chi connectivity index (χ0n) is 18.8. The van der Waals surface area contributed by atoms with Crippen LogP contribution in [0.1, 0.15) is 38.2 Å². The molecule has 0 aliphatic carbocycles. The van der Waals surface area contributed by atoms with Crippen LogP contribution in [0.5, 0.6) is 0 Å². The molecule has 1 aromatic carbocycles. The third kappa shape index (κ3) is 6.79. The fourth-order valence-corrected chi connectivity index (χ4v) is 4.34. The number of rotatable bonds is 6. The van der Waals surface area contributed by atoms with E-state index in [1.807, 2.05) is 24.3 Å². The first-order chi connectivity index (χ1) is 15.2. The highest BCUT2D eigenvalue weighted by atomic mass is 127.